The molecule has 0 bridgehead atoms. The Balaban J connectivity index is 1.50. The van der Waals surface area contributed by atoms with E-state index < -0.39 is 5.97 Å². The Labute approximate surface area is 245 Å². The molecular weight excluding hydrogens is 534 g/mol. The van der Waals surface area contributed by atoms with Gasteiger partial charge in [-0.15, -0.1) is 0 Å². The Hall–Kier alpha value is -4.50. The summed E-state index contributed by atoms with van der Waals surface area (Å²) in [7, 11) is 1.38. The third-order valence-corrected chi connectivity index (χ3v) is 7.80. The molecule has 1 aliphatic heterocycles. The maximum atomic E-state index is 12.9. The summed E-state index contributed by atoms with van der Waals surface area (Å²) in [5.41, 5.74) is 6.93. The molecular formula is C32H33N5O3S. The number of carbonyl (C=O) groups excluding carboxylic acids is 2. The topological polar surface area (TPSA) is 88.5 Å². The number of anilines is 1. The van der Waals surface area contributed by atoms with Crippen LogP contribution in [0, 0.1) is 20.8 Å². The lowest BCUT2D eigenvalue weighted by molar-refractivity contribution is -0.116. The van der Waals surface area contributed by atoms with Gasteiger partial charge in [0.2, 0.25) is 5.91 Å². The fourth-order valence-corrected chi connectivity index (χ4v) is 5.81. The van der Waals surface area contributed by atoms with Gasteiger partial charge >= 0.3 is 5.97 Å². The first-order valence-corrected chi connectivity index (χ1v) is 13.9. The molecule has 2 aromatic heterocycles. The van der Waals surface area contributed by atoms with Gasteiger partial charge in [0.1, 0.15) is 0 Å². The number of ether oxygens (including phenoxy) is 1. The minimum absolute atomic E-state index is 0.0887. The Morgan fingerprint density at radius 1 is 1.02 bits per heavy atom. The van der Waals surface area contributed by atoms with Gasteiger partial charge in [-0.05, 0) is 81.0 Å². The van der Waals surface area contributed by atoms with Crippen LogP contribution in [-0.4, -0.2) is 45.1 Å². The van der Waals surface area contributed by atoms with Crippen LogP contribution in [0.25, 0.3) is 5.69 Å². The maximum Gasteiger partial charge on any atom is 0.339 e. The molecule has 210 valence electrons. The highest BCUT2D eigenvalue weighted by atomic mass is 32.1. The summed E-state index contributed by atoms with van der Waals surface area (Å²) in [6, 6.07) is 22.6. The minimum Gasteiger partial charge on any atom is -0.465 e. The number of nitrogens with one attached hydrogen (secondary N) is 2. The monoisotopic (exact) mass is 567 g/mol. The van der Waals surface area contributed by atoms with Gasteiger partial charge in [0.15, 0.2) is 5.11 Å². The summed E-state index contributed by atoms with van der Waals surface area (Å²) in [6.07, 6.45) is 2.02. The van der Waals surface area contributed by atoms with Crippen LogP contribution < -0.4 is 10.6 Å². The lowest BCUT2D eigenvalue weighted by Gasteiger charge is -2.28. The Morgan fingerprint density at radius 3 is 2.46 bits per heavy atom. The van der Waals surface area contributed by atoms with E-state index in [0.29, 0.717) is 17.2 Å². The summed E-state index contributed by atoms with van der Waals surface area (Å²) >= 11 is 5.83. The minimum atomic E-state index is -0.397. The summed E-state index contributed by atoms with van der Waals surface area (Å²) in [6.45, 7) is 6.48. The molecule has 8 nitrogen and oxygen atoms in total. The largest absolute Gasteiger partial charge is 0.465 e. The fraction of sp³-hybridized carbons (Fsp3) is 0.250. The van der Waals surface area contributed by atoms with Crippen molar-refractivity contribution in [2.45, 2.75) is 39.3 Å². The molecule has 0 radical (unpaired) electrons. The smallest absolute Gasteiger partial charge is 0.339 e. The van der Waals surface area contributed by atoms with Crippen LogP contribution in [0.2, 0.25) is 0 Å². The van der Waals surface area contributed by atoms with Crippen LogP contribution in [0.1, 0.15) is 57.1 Å². The Bertz CT molecular complexity index is 1580. The number of hydrogen-bond acceptors (Lipinski definition) is 5. The van der Waals surface area contributed by atoms with Crippen LogP contribution >= 0.6 is 12.2 Å². The van der Waals surface area contributed by atoms with E-state index in [1.165, 1.54) is 7.11 Å². The molecule has 0 saturated carbocycles. The number of benzene rings is 2. The van der Waals surface area contributed by atoms with Crippen molar-refractivity contribution in [1.29, 1.82) is 0 Å². The number of carbonyl (C=O) groups is 2. The number of esters is 1. The van der Waals surface area contributed by atoms with E-state index >= 15 is 0 Å². The molecule has 0 aliphatic carbocycles. The zero-order chi connectivity index (χ0) is 29.1. The number of aromatic nitrogens is 2. The van der Waals surface area contributed by atoms with Crippen molar-refractivity contribution in [3.8, 4) is 5.69 Å². The van der Waals surface area contributed by atoms with Crippen molar-refractivity contribution in [1.82, 2.24) is 19.8 Å². The van der Waals surface area contributed by atoms with Crippen LogP contribution in [-0.2, 0) is 9.53 Å². The van der Waals surface area contributed by atoms with E-state index in [4.69, 9.17) is 17.0 Å². The molecule has 0 unspecified atom stereocenters. The van der Waals surface area contributed by atoms with Gasteiger partial charge in [-0.25, -0.2) is 4.79 Å². The Kier molecular flexibility index (Phi) is 8.16. The molecule has 5 rings (SSSR count). The normalized spacial score (nSPS) is 16.4. The average molecular weight is 568 g/mol. The second-order valence-corrected chi connectivity index (χ2v) is 10.5. The zero-order valence-electron chi connectivity index (χ0n) is 23.5. The molecule has 41 heavy (non-hydrogen) atoms. The van der Waals surface area contributed by atoms with Gasteiger partial charge in [0, 0.05) is 36.2 Å². The number of para-hydroxylation sites is 1. The third kappa shape index (κ3) is 5.71. The Morgan fingerprint density at radius 2 is 1.76 bits per heavy atom. The van der Waals surface area contributed by atoms with E-state index in [0.717, 1.165) is 39.6 Å². The van der Waals surface area contributed by atoms with Crippen LogP contribution in [0.3, 0.4) is 0 Å². The molecule has 2 N–H and O–H groups in total. The predicted octanol–water partition coefficient (Wildman–Crippen LogP) is 5.59. The number of aryl methyl sites for hydroxylation is 2. The molecule has 9 heteroatoms. The molecule has 1 amide bonds. The van der Waals surface area contributed by atoms with Crippen molar-refractivity contribution < 1.29 is 14.3 Å². The first-order chi connectivity index (χ1) is 19.8. The van der Waals surface area contributed by atoms with Crippen LogP contribution in [0.4, 0.5) is 5.69 Å². The van der Waals surface area contributed by atoms with E-state index in [9.17, 15) is 9.59 Å². The number of pyridine rings is 1. The average Bonchev–Trinajstić information content (AvgIpc) is 3.47. The maximum absolute atomic E-state index is 12.9. The van der Waals surface area contributed by atoms with Gasteiger partial charge in [-0.3, -0.25) is 9.78 Å². The molecule has 0 spiro atoms. The van der Waals surface area contributed by atoms with Crippen molar-refractivity contribution >= 4 is 34.9 Å². The highest BCUT2D eigenvalue weighted by Gasteiger charge is 2.41. The van der Waals surface area contributed by atoms with E-state index in [2.05, 4.69) is 31.2 Å². The zero-order valence-corrected chi connectivity index (χ0v) is 24.4. The molecule has 2 aromatic carbocycles. The second kappa shape index (κ2) is 11.9. The number of thiocarbonyl (C=S) groups is 1. The number of hydrogen-bond donors (Lipinski definition) is 2. The predicted molar refractivity (Wildman–Crippen MR) is 163 cm³/mol. The van der Waals surface area contributed by atoms with E-state index in [-0.39, 0.29) is 24.4 Å². The standard InChI is InChI=1S/C32H33N5O3S/c1-20-12-14-23(15-13-20)34-28(38)16-18-36-30(29(35-32(36)41)26-10-7-8-17-33-26)25-19-21(2)37(22(25)3)27-11-6-5-9-24(27)31(39)40-4/h5-15,17,19,29-30H,16,18H2,1-4H3,(H,34,38)(H,35,41)/t29-,30-/m0/s1. The molecule has 1 aliphatic rings. The van der Waals surface area contributed by atoms with E-state index in [1.807, 2.05) is 81.4 Å². The van der Waals surface area contributed by atoms with Crippen molar-refractivity contribution in [2.75, 3.05) is 19.0 Å². The number of rotatable bonds is 8. The lowest BCUT2D eigenvalue weighted by Crippen LogP contribution is -2.32. The highest BCUT2D eigenvalue weighted by Crippen LogP contribution is 2.41. The van der Waals surface area contributed by atoms with Gasteiger partial charge < -0.3 is 24.8 Å². The van der Waals surface area contributed by atoms with Gasteiger partial charge in [-0.2, -0.15) is 0 Å². The van der Waals surface area contributed by atoms with Gasteiger partial charge in [-0.1, -0.05) is 35.9 Å². The molecule has 3 heterocycles. The van der Waals surface area contributed by atoms with Crippen molar-refractivity contribution in [3.05, 3.63) is 113 Å². The van der Waals surface area contributed by atoms with Crippen LogP contribution in [0.15, 0.2) is 79.0 Å². The van der Waals surface area contributed by atoms with E-state index in [1.54, 1.807) is 12.3 Å². The number of nitrogens with zero attached hydrogens (tertiary/aromatic N) is 3. The SMILES string of the molecule is COC(=O)c1ccccc1-n1c(C)cc([C@H]2[C@H](c3ccccn3)NC(=S)N2CCC(=O)Nc2ccc(C)cc2)c1C. The lowest BCUT2D eigenvalue weighted by atomic mass is 9.96. The summed E-state index contributed by atoms with van der Waals surface area (Å²) in [4.78, 5) is 32.2. The van der Waals surface area contributed by atoms with Gasteiger partial charge in [0.25, 0.3) is 0 Å². The number of methoxy groups -OCH3 is 1. The summed E-state index contributed by atoms with van der Waals surface area (Å²) in [5, 5.41) is 7.01. The van der Waals surface area contributed by atoms with Crippen molar-refractivity contribution in [3.63, 3.8) is 0 Å². The highest BCUT2D eigenvalue weighted by molar-refractivity contribution is 7.80. The molecule has 1 saturated heterocycles. The molecule has 4 aromatic rings. The first kappa shape index (κ1) is 28.0. The summed E-state index contributed by atoms with van der Waals surface area (Å²) in [5.74, 6) is -0.486. The molecule has 2 atom stereocenters. The third-order valence-electron chi connectivity index (χ3n) is 7.45. The van der Waals surface area contributed by atoms with Crippen LogP contribution in [0.5, 0.6) is 0 Å². The molecule has 1 fully saturated rings. The summed E-state index contributed by atoms with van der Waals surface area (Å²) < 4.78 is 7.13. The second-order valence-electron chi connectivity index (χ2n) is 10.2. The fourth-order valence-electron chi connectivity index (χ4n) is 5.48. The quantitative estimate of drug-likeness (QED) is 0.212. The van der Waals surface area contributed by atoms with Crippen molar-refractivity contribution in [2.24, 2.45) is 0 Å². The number of amides is 1. The van der Waals surface area contributed by atoms with Gasteiger partial charge in [0.05, 0.1) is 36.1 Å². The first-order valence-electron chi connectivity index (χ1n) is 13.5.